The maximum Gasteiger partial charge on any atom is 0.338 e. The van der Waals surface area contributed by atoms with Crippen LogP contribution in [0.3, 0.4) is 0 Å². The number of rotatable bonds is 4. The number of benzene rings is 1. The molecule has 0 bridgehead atoms. The van der Waals surface area contributed by atoms with Crippen molar-refractivity contribution in [1.29, 1.82) is 0 Å². The number of hydrogen-bond acceptors (Lipinski definition) is 4. The lowest BCUT2D eigenvalue weighted by Crippen LogP contribution is -2.21. The Hall–Kier alpha value is -2.70. The van der Waals surface area contributed by atoms with Gasteiger partial charge in [-0.1, -0.05) is 0 Å². The fourth-order valence-electron chi connectivity index (χ4n) is 1.46. The summed E-state index contributed by atoms with van der Waals surface area (Å²) in [5, 5.41) is 8.93. The van der Waals surface area contributed by atoms with E-state index in [0.29, 0.717) is 5.82 Å². The van der Waals surface area contributed by atoms with Gasteiger partial charge in [-0.25, -0.2) is 9.18 Å². The summed E-state index contributed by atoms with van der Waals surface area (Å²) in [6.07, 6.45) is 0. The predicted octanol–water partition coefficient (Wildman–Crippen LogP) is 1.65. The summed E-state index contributed by atoms with van der Waals surface area (Å²) >= 11 is 0. The van der Waals surface area contributed by atoms with E-state index in [4.69, 9.17) is 4.74 Å². The number of amides is 1. The van der Waals surface area contributed by atoms with E-state index >= 15 is 0 Å². The second-order valence-corrected chi connectivity index (χ2v) is 4.07. The molecule has 1 aromatic carbocycles. The van der Waals surface area contributed by atoms with Gasteiger partial charge in [0.05, 0.1) is 5.56 Å². The van der Waals surface area contributed by atoms with Crippen molar-refractivity contribution in [3.05, 3.63) is 47.4 Å². The first-order chi connectivity index (χ1) is 9.54. The van der Waals surface area contributed by atoms with Crippen molar-refractivity contribution in [2.75, 3.05) is 11.9 Å². The van der Waals surface area contributed by atoms with Crippen LogP contribution in [-0.4, -0.2) is 28.7 Å². The van der Waals surface area contributed by atoms with Crippen LogP contribution in [0.25, 0.3) is 0 Å². The fourth-order valence-corrected chi connectivity index (χ4v) is 1.46. The van der Waals surface area contributed by atoms with E-state index in [2.05, 4.69) is 15.5 Å². The molecule has 0 aliphatic heterocycles. The number of anilines is 1. The highest BCUT2D eigenvalue weighted by atomic mass is 19.1. The number of halogens is 1. The number of aromatic amines is 1. The summed E-state index contributed by atoms with van der Waals surface area (Å²) in [6.45, 7) is 1.35. The van der Waals surface area contributed by atoms with Crippen molar-refractivity contribution in [3.8, 4) is 0 Å². The number of carbonyl (C=O) groups excluding carboxylic acids is 2. The van der Waals surface area contributed by atoms with Crippen LogP contribution < -0.4 is 5.32 Å². The lowest BCUT2D eigenvalue weighted by atomic mass is 10.2. The molecular weight excluding hydrogens is 265 g/mol. The third-order valence-corrected chi connectivity index (χ3v) is 2.39. The Morgan fingerprint density at radius 2 is 2.05 bits per heavy atom. The van der Waals surface area contributed by atoms with Gasteiger partial charge >= 0.3 is 5.97 Å². The first-order valence-corrected chi connectivity index (χ1v) is 5.79. The van der Waals surface area contributed by atoms with Gasteiger partial charge in [0.2, 0.25) is 0 Å². The molecule has 1 amide bonds. The monoisotopic (exact) mass is 277 g/mol. The second-order valence-electron chi connectivity index (χ2n) is 4.07. The topological polar surface area (TPSA) is 84.1 Å². The molecule has 6 nitrogen and oxygen atoms in total. The SMILES string of the molecule is Cc1cc(NC(=O)COC(=O)c2ccc(F)cc2)n[nH]1. The number of esters is 1. The molecular formula is C13H12FN3O3. The Kier molecular flexibility index (Phi) is 4.09. The van der Waals surface area contributed by atoms with Crippen LogP contribution >= 0.6 is 0 Å². The van der Waals surface area contributed by atoms with E-state index in [1.807, 2.05) is 0 Å². The maximum absolute atomic E-state index is 12.7. The molecule has 0 radical (unpaired) electrons. The highest BCUT2D eigenvalue weighted by molar-refractivity contribution is 5.94. The Bertz CT molecular complexity index is 622. The van der Waals surface area contributed by atoms with Crippen LogP contribution in [0.1, 0.15) is 16.1 Å². The van der Waals surface area contributed by atoms with Crippen molar-refractivity contribution in [2.45, 2.75) is 6.92 Å². The van der Waals surface area contributed by atoms with Gasteiger partial charge in [-0.2, -0.15) is 5.10 Å². The summed E-state index contributed by atoms with van der Waals surface area (Å²) in [4.78, 5) is 23.1. The molecule has 2 aromatic rings. The van der Waals surface area contributed by atoms with Crippen molar-refractivity contribution in [2.24, 2.45) is 0 Å². The van der Waals surface area contributed by atoms with Crippen LogP contribution in [0.4, 0.5) is 10.2 Å². The van der Waals surface area contributed by atoms with Crippen molar-refractivity contribution < 1.29 is 18.7 Å². The summed E-state index contributed by atoms with van der Waals surface area (Å²) < 4.78 is 17.5. The van der Waals surface area contributed by atoms with E-state index in [0.717, 1.165) is 17.8 Å². The predicted molar refractivity (Wildman–Crippen MR) is 68.6 cm³/mol. The molecule has 0 aliphatic carbocycles. The Morgan fingerprint density at radius 3 is 2.65 bits per heavy atom. The number of hydrogen-bond donors (Lipinski definition) is 2. The molecule has 2 N–H and O–H groups in total. The Morgan fingerprint density at radius 1 is 1.35 bits per heavy atom. The number of aryl methyl sites for hydroxylation is 1. The largest absolute Gasteiger partial charge is 0.452 e. The van der Waals surface area contributed by atoms with Crippen LogP contribution in [-0.2, 0) is 9.53 Å². The first kappa shape index (κ1) is 13.7. The van der Waals surface area contributed by atoms with Gasteiger partial charge in [-0.15, -0.1) is 0 Å². The van der Waals surface area contributed by atoms with Gasteiger partial charge in [-0.3, -0.25) is 9.89 Å². The van der Waals surface area contributed by atoms with Gasteiger partial charge < -0.3 is 10.1 Å². The number of carbonyl (C=O) groups is 2. The normalized spacial score (nSPS) is 10.1. The van der Waals surface area contributed by atoms with Gasteiger partial charge in [0.1, 0.15) is 5.82 Å². The summed E-state index contributed by atoms with van der Waals surface area (Å²) in [5.41, 5.74) is 0.971. The maximum atomic E-state index is 12.7. The van der Waals surface area contributed by atoms with Crippen LogP contribution in [0, 0.1) is 12.7 Å². The number of aromatic nitrogens is 2. The van der Waals surface area contributed by atoms with E-state index < -0.39 is 24.3 Å². The molecule has 1 heterocycles. The van der Waals surface area contributed by atoms with E-state index in [1.165, 1.54) is 12.1 Å². The Balaban J connectivity index is 1.84. The molecule has 0 spiro atoms. The van der Waals surface area contributed by atoms with Crippen molar-refractivity contribution in [3.63, 3.8) is 0 Å². The second kappa shape index (κ2) is 5.96. The smallest absolute Gasteiger partial charge is 0.338 e. The molecule has 2 rings (SSSR count). The van der Waals surface area contributed by atoms with Gasteiger partial charge in [0.25, 0.3) is 5.91 Å². The average molecular weight is 277 g/mol. The fraction of sp³-hybridized carbons (Fsp3) is 0.154. The lowest BCUT2D eigenvalue weighted by molar-refractivity contribution is -0.119. The number of ether oxygens (including phenoxy) is 1. The molecule has 7 heteroatoms. The zero-order valence-electron chi connectivity index (χ0n) is 10.6. The number of nitrogens with one attached hydrogen (secondary N) is 2. The van der Waals surface area contributed by atoms with Crippen molar-refractivity contribution >= 4 is 17.7 Å². The standard InChI is InChI=1S/C13H12FN3O3/c1-8-6-11(17-16-8)15-12(18)7-20-13(19)9-2-4-10(14)5-3-9/h2-6H,7H2,1H3,(H2,15,16,17,18). The van der Waals surface area contributed by atoms with Crippen LogP contribution in [0.5, 0.6) is 0 Å². The van der Waals surface area contributed by atoms with Gasteiger partial charge in [-0.05, 0) is 31.2 Å². The van der Waals surface area contributed by atoms with Crippen molar-refractivity contribution in [1.82, 2.24) is 10.2 Å². The minimum absolute atomic E-state index is 0.176. The molecule has 0 fully saturated rings. The van der Waals surface area contributed by atoms with Crippen LogP contribution in [0.15, 0.2) is 30.3 Å². The molecule has 0 aliphatic rings. The van der Waals surface area contributed by atoms with Gasteiger partial charge in [0.15, 0.2) is 12.4 Å². The van der Waals surface area contributed by atoms with E-state index in [-0.39, 0.29) is 5.56 Å². The number of nitrogens with zero attached hydrogens (tertiary/aromatic N) is 1. The van der Waals surface area contributed by atoms with Gasteiger partial charge in [0, 0.05) is 11.8 Å². The highest BCUT2D eigenvalue weighted by Crippen LogP contribution is 2.06. The zero-order chi connectivity index (χ0) is 14.5. The quantitative estimate of drug-likeness (QED) is 0.832. The molecule has 20 heavy (non-hydrogen) atoms. The third kappa shape index (κ3) is 3.64. The minimum Gasteiger partial charge on any atom is -0.452 e. The zero-order valence-corrected chi connectivity index (χ0v) is 10.6. The summed E-state index contributed by atoms with van der Waals surface area (Å²) in [7, 11) is 0. The Labute approximate surface area is 113 Å². The van der Waals surface area contributed by atoms with Crippen LogP contribution in [0.2, 0.25) is 0 Å². The molecule has 0 saturated carbocycles. The minimum atomic E-state index is -0.696. The molecule has 0 saturated heterocycles. The highest BCUT2D eigenvalue weighted by Gasteiger charge is 2.11. The molecule has 0 atom stereocenters. The number of H-pyrrole nitrogens is 1. The molecule has 1 aromatic heterocycles. The third-order valence-electron chi connectivity index (χ3n) is 2.39. The lowest BCUT2D eigenvalue weighted by Gasteiger charge is -2.04. The van der Waals surface area contributed by atoms with E-state index in [9.17, 15) is 14.0 Å². The van der Waals surface area contributed by atoms with E-state index in [1.54, 1.807) is 13.0 Å². The summed E-state index contributed by atoms with van der Waals surface area (Å²) in [6, 6.07) is 6.49. The summed E-state index contributed by atoms with van der Waals surface area (Å²) in [5.74, 6) is -1.30. The average Bonchev–Trinajstić information content (AvgIpc) is 2.82. The first-order valence-electron chi connectivity index (χ1n) is 5.79. The molecule has 0 unspecified atom stereocenters. The molecule has 104 valence electrons.